The highest BCUT2D eigenvalue weighted by atomic mass is 16.3. The first kappa shape index (κ1) is 26.2. The Bertz CT molecular complexity index is 3460. The predicted octanol–water partition coefficient (Wildman–Crippen LogP) is 13.2. The van der Waals surface area contributed by atoms with Crippen molar-refractivity contribution in [1.29, 1.82) is 0 Å². The van der Waals surface area contributed by atoms with Gasteiger partial charge in [-0.1, -0.05) is 152 Å². The average molecular weight is 723 g/mol. The minimum atomic E-state index is -0.162. The van der Waals surface area contributed by atoms with Crippen LogP contribution in [-0.4, -0.2) is 19.5 Å². The molecule has 3 aromatic heterocycles. The summed E-state index contributed by atoms with van der Waals surface area (Å²) in [6.45, 7) is 0. The zero-order chi connectivity index (χ0) is 42.2. The number of furan rings is 1. The molecule has 0 saturated heterocycles. The Morgan fingerprint density at radius 2 is 0.982 bits per heavy atom. The van der Waals surface area contributed by atoms with Gasteiger partial charge in [0.1, 0.15) is 11.2 Å². The van der Waals surface area contributed by atoms with Crippen molar-refractivity contribution in [3.8, 4) is 62.1 Å². The Hall–Kier alpha value is -7.63. The second-order valence-electron chi connectivity index (χ2n) is 13.6. The van der Waals surface area contributed by atoms with Crippen LogP contribution >= 0.6 is 0 Å². The molecule has 0 amide bonds. The van der Waals surface area contributed by atoms with Gasteiger partial charge in [-0.2, -0.15) is 0 Å². The molecule has 8 aromatic carbocycles. The summed E-state index contributed by atoms with van der Waals surface area (Å²) in [4.78, 5) is 14.7. The van der Waals surface area contributed by atoms with Crippen molar-refractivity contribution in [2.75, 3.05) is 0 Å². The van der Waals surface area contributed by atoms with E-state index in [2.05, 4.69) is 6.07 Å². The lowest BCUT2D eigenvalue weighted by molar-refractivity contribution is 0.670. The lowest BCUT2D eigenvalue weighted by Crippen LogP contribution is -2.00. The van der Waals surface area contributed by atoms with Crippen LogP contribution in [0.3, 0.4) is 0 Å². The van der Waals surface area contributed by atoms with Crippen LogP contribution in [0.4, 0.5) is 0 Å². The van der Waals surface area contributed by atoms with Crippen LogP contribution in [0, 0.1) is 0 Å². The van der Waals surface area contributed by atoms with Gasteiger partial charge < -0.3 is 8.98 Å². The van der Waals surface area contributed by atoms with Gasteiger partial charge in [-0.15, -0.1) is 0 Å². The Kier molecular flexibility index (Phi) is 6.10. The van der Waals surface area contributed by atoms with Gasteiger partial charge in [-0.05, 0) is 59.1 Å². The van der Waals surface area contributed by atoms with Crippen molar-refractivity contribution in [3.63, 3.8) is 0 Å². The highest BCUT2D eigenvalue weighted by Crippen LogP contribution is 2.41. The first-order chi connectivity index (χ1) is 30.2. The van der Waals surface area contributed by atoms with Crippen LogP contribution in [0.1, 0.15) is 8.22 Å². The lowest BCUT2D eigenvalue weighted by Gasteiger charge is -2.14. The lowest BCUT2D eigenvalue weighted by atomic mass is 9.96. The van der Waals surface area contributed by atoms with Crippen LogP contribution in [0.15, 0.2) is 198 Å². The normalized spacial score (nSPS) is 13.1. The molecule has 0 bridgehead atoms. The Morgan fingerprint density at radius 3 is 1.61 bits per heavy atom. The minimum absolute atomic E-state index is 0.0191. The molecule has 0 spiro atoms. The number of fused-ring (bicyclic) bond motifs is 6. The highest BCUT2D eigenvalue weighted by molar-refractivity contribution is 6.11. The molecule has 0 unspecified atom stereocenters. The van der Waals surface area contributed by atoms with E-state index in [1.165, 1.54) is 12.1 Å². The molecule has 56 heavy (non-hydrogen) atoms. The van der Waals surface area contributed by atoms with E-state index in [1.54, 1.807) is 4.57 Å². The largest absolute Gasteiger partial charge is 0.455 e. The van der Waals surface area contributed by atoms with E-state index in [-0.39, 0.29) is 47.0 Å². The molecule has 0 atom stereocenters. The Morgan fingerprint density at radius 1 is 0.411 bits per heavy atom. The fraction of sp³-hybridized carbons (Fsp3) is 0. The molecule has 5 heteroatoms. The van der Waals surface area contributed by atoms with Crippen molar-refractivity contribution in [1.82, 2.24) is 19.5 Å². The molecular weight excluding hydrogens is 685 g/mol. The number of hydrogen-bond acceptors (Lipinski definition) is 4. The SMILES string of the molecule is [2H]c1cc([2H])c2c(c1[2H])c1c([2H])c([2H])cc([2H])c1n2-c1cc(-c2ccccc2)cc(-c2cccc3c2oc2cc(-c4nc(-c5ccccc5)nc(-c5ccccc5)n4)ccc23)c1. The third kappa shape index (κ3) is 5.37. The van der Waals surface area contributed by atoms with Gasteiger partial charge in [0.05, 0.1) is 19.3 Å². The van der Waals surface area contributed by atoms with Crippen LogP contribution < -0.4 is 0 Å². The maximum atomic E-state index is 9.09. The monoisotopic (exact) mass is 722 g/mol. The first-order valence-corrected chi connectivity index (χ1v) is 18.3. The number of nitrogens with zero attached hydrogens (tertiary/aromatic N) is 4. The zero-order valence-electron chi connectivity index (χ0n) is 35.7. The summed E-state index contributed by atoms with van der Waals surface area (Å²) in [6, 6.07) is 49.6. The summed E-state index contributed by atoms with van der Waals surface area (Å²) >= 11 is 0. The summed E-state index contributed by atoms with van der Waals surface area (Å²) < 4.78 is 61.6. The first-order valence-electron chi connectivity index (χ1n) is 21.3. The van der Waals surface area contributed by atoms with E-state index in [0.29, 0.717) is 45.4 Å². The molecule has 5 nitrogen and oxygen atoms in total. The van der Waals surface area contributed by atoms with E-state index < -0.39 is 0 Å². The van der Waals surface area contributed by atoms with Gasteiger partial charge in [0.25, 0.3) is 0 Å². The summed E-state index contributed by atoms with van der Waals surface area (Å²) in [7, 11) is 0. The molecule has 262 valence electrons. The van der Waals surface area contributed by atoms with Crippen LogP contribution in [0.5, 0.6) is 0 Å². The van der Waals surface area contributed by atoms with E-state index >= 15 is 0 Å². The summed E-state index contributed by atoms with van der Waals surface area (Å²) in [5.74, 6) is 1.63. The predicted molar refractivity (Wildman–Crippen MR) is 229 cm³/mol. The molecule has 11 aromatic rings. The maximum absolute atomic E-state index is 9.09. The van der Waals surface area contributed by atoms with Gasteiger partial charge >= 0.3 is 0 Å². The third-order valence-electron chi connectivity index (χ3n) is 10.2. The van der Waals surface area contributed by atoms with Gasteiger partial charge in [-0.25, -0.2) is 15.0 Å². The summed E-state index contributed by atoms with van der Waals surface area (Å²) in [5.41, 5.74) is 8.39. The number of benzene rings is 8. The molecule has 0 aliphatic carbocycles. The zero-order valence-corrected chi connectivity index (χ0v) is 29.7. The number of hydrogen-bond donors (Lipinski definition) is 0. The van der Waals surface area contributed by atoms with E-state index in [4.69, 9.17) is 27.6 Å². The molecule has 0 radical (unpaired) electrons. The smallest absolute Gasteiger partial charge is 0.164 e. The minimum Gasteiger partial charge on any atom is -0.455 e. The van der Waals surface area contributed by atoms with Crippen molar-refractivity contribution >= 4 is 43.7 Å². The van der Waals surface area contributed by atoms with Crippen molar-refractivity contribution < 1.29 is 12.6 Å². The second kappa shape index (κ2) is 13.0. The van der Waals surface area contributed by atoms with Crippen LogP contribution in [0.25, 0.3) is 106 Å². The van der Waals surface area contributed by atoms with Crippen molar-refractivity contribution in [2.24, 2.45) is 0 Å². The van der Waals surface area contributed by atoms with Crippen molar-refractivity contribution in [2.45, 2.75) is 0 Å². The standard InChI is InChI=1S/C51H32N4O/c1-4-15-33(16-5-1)37-29-38(31-39(30-37)55-45-25-12-10-21-41(45)42-22-11-13-26-46(42)55)40-23-14-24-44-43-28-27-36(32-47(43)56-48(40)44)51-53-49(34-17-6-2-7-18-34)52-50(54-51)35-19-8-3-9-20-35/h1-32H/i10D,11D,21D,22D,25D,26D. The number of rotatable bonds is 6. The van der Waals surface area contributed by atoms with Crippen LogP contribution in [0.2, 0.25) is 0 Å². The molecule has 0 aliphatic heterocycles. The number of para-hydroxylation sites is 3. The fourth-order valence-corrected chi connectivity index (χ4v) is 7.57. The molecule has 0 fully saturated rings. The van der Waals surface area contributed by atoms with Crippen molar-refractivity contribution in [3.05, 3.63) is 194 Å². The molecule has 3 heterocycles. The summed E-state index contributed by atoms with van der Waals surface area (Å²) in [6.07, 6.45) is 0. The van der Waals surface area contributed by atoms with E-state index in [9.17, 15) is 0 Å². The molecular formula is C51H32N4O. The number of aromatic nitrogens is 4. The second-order valence-corrected chi connectivity index (χ2v) is 13.6. The fourth-order valence-electron chi connectivity index (χ4n) is 7.57. The van der Waals surface area contributed by atoms with Gasteiger partial charge in [0.15, 0.2) is 17.5 Å². The van der Waals surface area contributed by atoms with E-state index in [1.807, 2.05) is 140 Å². The van der Waals surface area contributed by atoms with E-state index in [0.717, 1.165) is 49.7 Å². The maximum Gasteiger partial charge on any atom is 0.164 e. The van der Waals surface area contributed by atoms with Gasteiger partial charge in [0.2, 0.25) is 0 Å². The van der Waals surface area contributed by atoms with Gasteiger partial charge in [0, 0.05) is 49.5 Å². The molecule has 0 saturated carbocycles. The molecule has 0 N–H and O–H groups in total. The molecule has 11 rings (SSSR count). The third-order valence-corrected chi connectivity index (χ3v) is 10.2. The average Bonchev–Trinajstić information content (AvgIpc) is 3.88. The molecule has 0 aliphatic rings. The van der Waals surface area contributed by atoms with Crippen LogP contribution in [-0.2, 0) is 0 Å². The Balaban J connectivity index is 1.13. The van der Waals surface area contributed by atoms with Gasteiger partial charge in [-0.3, -0.25) is 0 Å². The highest BCUT2D eigenvalue weighted by Gasteiger charge is 2.19. The quantitative estimate of drug-likeness (QED) is 0.171. The Labute approximate surface area is 331 Å². The summed E-state index contributed by atoms with van der Waals surface area (Å²) in [5, 5.41) is 2.23. The topological polar surface area (TPSA) is 56.7 Å².